The lowest BCUT2D eigenvalue weighted by Gasteiger charge is -2.02. The zero-order chi connectivity index (χ0) is 13.0. The molecule has 0 unspecified atom stereocenters. The summed E-state index contributed by atoms with van der Waals surface area (Å²) in [7, 11) is 0. The Hall–Kier alpha value is -2.35. The lowest BCUT2D eigenvalue weighted by Crippen LogP contribution is -2.10. The highest BCUT2D eigenvalue weighted by Crippen LogP contribution is 2.14. The summed E-state index contributed by atoms with van der Waals surface area (Å²) in [5.41, 5.74) is 9.07. The third kappa shape index (κ3) is 2.86. The SMILES string of the molecule is Cc1ccc(C(N)=O)cc1/C=C/c1ccccc1. The van der Waals surface area contributed by atoms with Gasteiger partial charge < -0.3 is 5.73 Å². The molecule has 2 N–H and O–H groups in total. The Morgan fingerprint density at radius 1 is 1.06 bits per heavy atom. The Bertz CT molecular complexity index is 585. The predicted molar refractivity (Wildman–Crippen MR) is 75.1 cm³/mol. The molecule has 0 aliphatic carbocycles. The summed E-state index contributed by atoms with van der Waals surface area (Å²) in [5.74, 6) is -0.399. The summed E-state index contributed by atoms with van der Waals surface area (Å²) in [6.45, 7) is 2.01. The van der Waals surface area contributed by atoms with E-state index in [9.17, 15) is 4.79 Å². The van der Waals surface area contributed by atoms with Crippen LogP contribution in [0.25, 0.3) is 12.2 Å². The summed E-state index contributed by atoms with van der Waals surface area (Å²) >= 11 is 0. The van der Waals surface area contributed by atoms with Crippen LogP contribution in [0, 0.1) is 6.92 Å². The van der Waals surface area contributed by atoms with Gasteiger partial charge in [0.05, 0.1) is 0 Å². The van der Waals surface area contributed by atoms with Crippen LogP contribution >= 0.6 is 0 Å². The van der Waals surface area contributed by atoms with Gasteiger partial charge in [0, 0.05) is 5.56 Å². The number of nitrogens with two attached hydrogens (primary N) is 1. The van der Waals surface area contributed by atoms with Crippen molar-refractivity contribution in [3.05, 3.63) is 70.8 Å². The van der Waals surface area contributed by atoms with E-state index in [1.165, 1.54) is 0 Å². The van der Waals surface area contributed by atoms with Gasteiger partial charge in [-0.15, -0.1) is 0 Å². The summed E-state index contributed by atoms with van der Waals surface area (Å²) in [5, 5.41) is 0. The number of hydrogen-bond acceptors (Lipinski definition) is 1. The van der Waals surface area contributed by atoms with Crippen LogP contribution in [0.2, 0.25) is 0 Å². The highest BCUT2D eigenvalue weighted by Gasteiger charge is 2.02. The molecule has 18 heavy (non-hydrogen) atoms. The smallest absolute Gasteiger partial charge is 0.248 e. The fourth-order valence-electron chi connectivity index (χ4n) is 1.72. The normalized spacial score (nSPS) is 10.7. The van der Waals surface area contributed by atoms with Gasteiger partial charge in [0.15, 0.2) is 0 Å². The van der Waals surface area contributed by atoms with Crippen molar-refractivity contribution >= 4 is 18.1 Å². The Morgan fingerprint density at radius 3 is 2.44 bits per heavy atom. The van der Waals surface area contributed by atoms with Gasteiger partial charge in [-0.1, -0.05) is 48.6 Å². The molecule has 0 spiro atoms. The van der Waals surface area contributed by atoms with E-state index in [4.69, 9.17) is 5.73 Å². The molecule has 2 heteroatoms. The monoisotopic (exact) mass is 237 g/mol. The second-order valence-electron chi connectivity index (χ2n) is 4.18. The van der Waals surface area contributed by atoms with Gasteiger partial charge in [-0.05, 0) is 35.7 Å². The Labute approximate surface area is 107 Å². The molecule has 0 atom stereocenters. The van der Waals surface area contributed by atoms with Crippen molar-refractivity contribution in [2.75, 3.05) is 0 Å². The second-order valence-corrected chi connectivity index (χ2v) is 4.18. The lowest BCUT2D eigenvalue weighted by molar-refractivity contribution is 0.100. The Kier molecular flexibility index (Phi) is 3.58. The van der Waals surface area contributed by atoms with E-state index in [0.717, 1.165) is 16.7 Å². The van der Waals surface area contributed by atoms with Gasteiger partial charge in [-0.3, -0.25) is 4.79 Å². The number of aryl methyl sites for hydroxylation is 1. The molecule has 0 aliphatic rings. The van der Waals surface area contributed by atoms with Crippen LogP contribution in [0.5, 0.6) is 0 Å². The van der Waals surface area contributed by atoms with Crippen LogP contribution in [0.3, 0.4) is 0 Å². The summed E-state index contributed by atoms with van der Waals surface area (Å²) in [6, 6.07) is 15.5. The molecule has 90 valence electrons. The van der Waals surface area contributed by atoms with Crippen molar-refractivity contribution in [3.63, 3.8) is 0 Å². The average molecular weight is 237 g/mol. The Morgan fingerprint density at radius 2 is 1.78 bits per heavy atom. The van der Waals surface area contributed by atoms with Crippen LogP contribution in [-0.2, 0) is 0 Å². The number of benzene rings is 2. The fraction of sp³-hybridized carbons (Fsp3) is 0.0625. The maximum Gasteiger partial charge on any atom is 0.248 e. The number of rotatable bonds is 3. The maximum absolute atomic E-state index is 11.1. The number of carbonyl (C=O) groups is 1. The van der Waals surface area contributed by atoms with Gasteiger partial charge in [0.1, 0.15) is 0 Å². The quantitative estimate of drug-likeness (QED) is 0.818. The standard InChI is InChI=1S/C16H15NO/c1-12-7-9-15(16(17)18)11-14(12)10-8-13-5-3-2-4-6-13/h2-11H,1H3,(H2,17,18)/b10-8+. The molecule has 0 fully saturated rings. The lowest BCUT2D eigenvalue weighted by atomic mass is 10.0. The van der Waals surface area contributed by atoms with E-state index in [0.29, 0.717) is 5.56 Å². The van der Waals surface area contributed by atoms with Crippen molar-refractivity contribution in [1.82, 2.24) is 0 Å². The minimum atomic E-state index is -0.399. The van der Waals surface area contributed by atoms with Crippen LogP contribution in [0.1, 0.15) is 27.0 Å². The minimum Gasteiger partial charge on any atom is -0.366 e. The van der Waals surface area contributed by atoms with E-state index >= 15 is 0 Å². The van der Waals surface area contributed by atoms with E-state index in [1.54, 1.807) is 6.07 Å². The van der Waals surface area contributed by atoms with Crippen LogP contribution in [0.4, 0.5) is 0 Å². The van der Waals surface area contributed by atoms with Crippen molar-refractivity contribution in [2.24, 2.45) is 5.73 Å². The molecular formula is C16H15NO. The molecule has 0 radical (unpaired) electrons. The number of hydrogen-bond donors (Lipinski definition) is 1. The zero-order valence-electron chi connectivity index (χ0n) is 10.3. The molecule has 2 aromatic carbocycles. The average Bonchev–Trinajstić information content (AvgIpc) is 2.38. The summed E-state index contributed by atoms with van der Waals surface area (Å²) < 4.78 is 0. The fourth-order valence-corrected chi connectivity index (χ4v) is 1.72. The first-order chi connectivity index (χ1) is 8.66. The highest BCUT2D eigenvalue weighted by molar-refractivity contribution is 5.93. The molecule has 2 aromatic rings. The number of carbonyl (C=O) groups excluding carboxylic acids is 1. The third-order valence-corrected chi connectivity index (χ3v) is 2.82. The molecular weight excluding hydrogens is 222 g/mol. The molecule has 0 heterocycles. The van der Waals surface area contributed by atoms with Gasteiger partial charge in [-0.2, -0.15) is 0 Å². The largest absolute Gasteiger partial charge is 0.366 e. The van der Waals surface area contributed by atoms with Gasteiger partial charge in [0.2, 0.25) is 5.91 Å². The van der Waals surface area contributed by atoms with Crippen molar-refractivity contribution in [1.29, 1.82) is 0 Å². The predicted octanol–water partition coefficient (Wildman–Crippen LogP) is 3.26. The highest BCUT2D eigenvalue weighted by atomic mass is 16.1. The van der Waals surface area contributed by atoms with E-state index < -0.39 is 5.91 Å². The first-order valence-corrected chi connectivity index (χ1v) is 5.80. The molecule has 0 saturated heterocycles. The van der Waals surface area contributed by atoms with Gasteiger partial charge >= 0.3 is 0 Å². The molecule has 0 saturated carbocycles. The molecule has 1 amide bonds. The zero-order valence-corrected chi connectivity index (χ0v) is 10.3. The molecule has 0 bridgehead atoms. The van der Waals surface area contributed by atoms with Crippen molar-refractivity contribution in [2.45, 2.75) is 6.92 Å². The Balaban J connectivity index is 2.31. The van der Waals surface area contributed by atoms with Crippen molar-refractivity contribution < 1.29 is 4.79 Å². The van der Waals surface area contributed by atoms with Gasteiger partial charge in [0.25, 0.3) is 0 Å². The second kappa shape index (κ2) is 5.32. The number of amides is 1. The molecule has 2 rings (SSSR count). The number of primary amides is 1. The maximum atomic E-state index is 11.1. The summed E-state index contributed by atoms with van der Waals surface area (Å²) in [6.07, 6.45) is 4.02. The first kappa shape index (κ1) is 12.1. The van der Waals surface area contributed by atoms with E-state index in [1.807, 2.05) is 61.5 Å². The summed E-state index contributed by atoms with van der Waals surface area (Å²) in [4.78, 5) is 11.1. The topological polar surface area (TPSA) is 43.1 Å². The molecule has 0 aliphatic heterocycles. The molecule has 2 nitrogen and oxygen atoms in total. The van der Waals surface area contributed by atoms with Crippen molar-refractivity contribution in [3.8, 4) is 0 Å². The minimum absolute atomic E-state index is 0.399. The van der Waals surface area contributed by atoms with Crippen LogP contribution < -0.4 is 5.73 Å². The van der Waals surface area contributed by atoms with E-state index in [-0.39, 0.29) is 0 Å². The first-order valence-electron chi connectivity index (χ1n) is 5.80. The van der Waals surface area contributed by atoms with Gasteiger partial charge in [-0.25, -0.2) is 0 Å². The third-order valence-electron chi connectivity index (χ3n) is 2.82. The van der Waals surface area contributed by atoms with Crippen LogP contribution in [0.15, 0.2) is 48.5 Å². The van der Waals surface area contributed by atoms with E-state index in [2.05, 4.69) is 0 Å². The van der Waals surface area contributed by atoms with Crippen LogP contribution in [-0.4, -0.2) is 5.91 Å². The molecule has 0 aromatic heterocycles.